The highest BCUT2D eigenvalue weighted by Crippen LogP contribution is 2.14. The van der Waals surface area contributed by atoms with Crippen LogP contribution >= 0.6 is 0 Å². The predicted molar refractivity (Wildman–Crippen MR) is 100 cm³/mol. The molecule has 2 heterocycles. The van der Waals surface area contributed by atoms with E-state index in [9.17, 15) is 9.59 Å². The van der Waals surface area contributed by atoms with Gasteiger partial charge in [0.05, 0.1) is 26.2 Å². The van der Waals surface area contributed by atoms with Crippen molar-refractivity contribution in [3.05, 3.63) is 59.9 Å². The smallest absolute Gasteiger partial charge is 0.279 e. The molecule has 2 N–H and O–H groups in total. The van der Waals surface area contributed by atoms with Crippen LogP contribution in [-0.4, -0.2) is 54.4 Å². The van der Waals surface area contributed by atoms with Crippen molar-refractivity contribution in [3.63, 3.8) is 0 Å². The van der Waals surface area contributed by atoms with E-state index in [0.29, 0.717) is 25.2 Å². The van der Waals surface area contributed by atoms with Gasteiger partial charge in [0.2, 0.25) is 0 Å². The number of amides is 2. The number of quaternary nitrogens is 1. The number of hydrogen-bond donors (Lipinski definition) is 2. The number of anilines is 1. The monoisotopic (exact) mass is 353 g/mol. The molecule has 1 saturated heterocycles. The second-order valence-corrected chi connectivity index (χ2v) is 6.51. The molecule has 1 aliphatic rings. The van der Waals surface area contributed by atoms with Crippen molar-refractivity contribution < 1.29 is 14.5 Å². The average Bonchev–Trinajstić information content (AvgIpc) is 2.69. The number of rotatable bonds is 5. The molecule has 0 saturated carbocycles. The lowest BCUT2D eigenvalue weighted by atomic mass is 10.1. The van der Waals surface area contributed by atoms with Gasteiger partial charge in [-0.3, -0.25) is 14.6 Å². The van der Waals surface area contributed by atoms with Crippen LogP contribution in [0.15, 0.2) is 48.8 Å². The fraction of sp³-hybridized carbons (Fsp3) is 0.350. The Morgan fingerprint density at radius 3 is 2.50 bits per heavy atom. The molecule has 0 unspecified atom stereocenters. The number of aryl methyl sites for hydroxylation is 1. The van der Waals surface area contributed by atoms with Crippen molar-refractivity contribution in [1.29, 1.82) is 0 Å². The Labute approximate surface area is 153 Å². The maximum atomic E-state index is 12.4. The minimum atomic E-state index is 0.0230. The van der Waals surface area contributed by atoms with Crippen molar-refractivity contribution in [3.8, 4) is 0 Å². The second kappa shape index (κ2) is 8.58. The summed E-state index contributed by atoms with van der Waals surface area (Å²) in [7, 11) is 0. The van der Waals surface area contributed by atoms with Crippen LogP contribution in [0.2, 0.25) is 0 Å². The summed E-state index contributed by atoms with van der Waals surface area (Å²) in [5, 5.41) is 3.02. The molecule has 0 radical (unpaired) electrons. The Morgan fingerprint density at radius 1 is 1.12 bits per heavy atom. The highest BCUT2D eigenvalue weighted by atomic mass is 16.2. The van der Waals surface area contributed by atoms with Gasteiger partial charge in [-0.05, 0) is 30.2 Å². The van der Waals surface area contributed by atoms with Crippen molar-refractivity contribution in [2.24, 2.45) is 0 Å². The number of carbonyl (C=O) groups excluding carboxylic acids is 2. The van der Waals surface area contributed by atoms with E-state index in [1.54, 1.807) is 24.5 Å². The van der Waals surface area contributed by atoms with Gasteiger partial charge in [0, 0.05) is 23.6 Å². The molecule has 0 spiro atoms. The molecule has 6 nitrogen and oxygen atoms in total. The first-order valence-corrected chi connectivity index (χ1v) is 9.08. The molecule has 0 atom stereocenters. The number of pyridine rings is 1. The molecule has 0 aliphatic carbocycles. The highest BCUT2D eigenvalue weighted by Gasteiger charge is 2.26. The van der Waals surface area contributed by atoms with E-state index in [1.165, 1.54) is 4.90 Å². The number of nitrogens with one attached hydrogen (secondary N) is 2. The fourth-order valence-electron chi connectivity index (χ4n) is 3.25. The molecule has 2 amide bonds. The number of nitrogens with zero attached hydrogens (tertiary/aromatic N) is 2. The SMILES string of the molecule is CCc1ccccc1NC(=O)C[NH+]1CCN(C(=O)c2ccncc2)CC1. The lowest BCUT2D eigenvalue weighted by molar-refractivity contribution is -0.895. The summed E-state index contributed by atoms with van der Waals surface area (Å²) < 4.78 is 0. The number of aromatic nitrogens is 1. The third-order valence-electron chi connectivity index (χ3n) is 4.77. The predicted octanol–water partition coefficient (Wildman–Crippen LogP) is 0.623. The maximum Gasteiger partial charge on any atom is 0.279 e. The number of benzene rings is 1. The zero-order valence-corrected chi connectivity index (χ0v) is 15.1. The number of carbonyl (C=O) groups is 2. The van der Waals surface area contributed by atoms with Crippen molar-refractivity contribution in [2.45, 2.75) is 13.3 Å². The van der Waals surface area contributed by atoms with Crippen LogP contribution in [0.5, 0.6) is 0 Å². The van der Waals surface area contributed by atoms with Crippen molar-refractivity contribution >= 4 is 17.5 Å². The summed E-state index contributed by atoms with van der Waals surface area (Å²) in [5.74, 6) is 0.0579. The Kier molecular flexibility index (Phi) is 5.96. The molecule has 136 valence electrons. The fourth-order valence-corrected chi connectivity index (χ4v) is 3.25. The number of hydrogen-bond acceptors (Lipinski definition) is 3. The van der Waals surface area contributed by atoms with Crippen LogP contribution < -0.4 is 10.2 Å². The Bertz CT molecular complexity index is 755. The summed E-state index contributed by atoms with van der Waals surface area (Å²) in [4.78, 5) is 31.8. The summed E-state index contributed by atoms with van der Waals surface area (Å²) >= 11 is 0. The molecule has 1 aliphatic heterocycles. The molecular weight excluding hydrogens is 328 g/mol. The Balaban J connectivity index is 1.49. The van der Waals surface area contributed by atoms with Crippen molar-refractivity contribution in [2.75, 3.05) is 38.0 Å². The van der Waals surface area contributed by atoms with E-state index in [-0.39, 0.29) is 11.8 Å². The van der Waals surface area contributed by atoms with E-state index >= 15 is 0 Å². The van der Waals surface area contributed by atoms with E-state index in [0.717, 1.165) is 30.8 Å². The maximum absolute atomic E-state index is 12.4. The summed E-state index contributed by atoms with van der Waals surface area (Å²) in [6.45, 7) is 5.38. The van der Waals surface area contributed by atoms with Gasteiger partial charge in [-0.2, -0.15) is 0 Å². The number of para-hydroxylation sites is 1. The molecule has 6 heteroatoms. The van der Waals surface area contributed by atoms with Crippen LogP contribution in [-0.2, 0) is 11.2 Å². The molecule has 3 rings (SSSR count). The Hall–Kier alpha value is -2.73. The minimum absolute atomic E-state index is 0.0230. The lowest BCUT2D eigenvalue weighted by Gasteiger charge is -2.32. The molecule has 1 fully saturated rings. The quantitative estimate of drug-likeness (QED) is 0.828. The molecule has 1 aromatic heterocycles. The second-order valence-electron chi connectivity index (χ2n) is 6.51. The number of piperazine rings is 1. The van der Waals surface area contributed by atoms with Crippen LogP contribution in [0.1, 0.15) is 22.8 Å². The molecule has 0 bridgehead atoms. The summed E-state index contributed by atoms with van der Waals surface area (Å²) in [6.07, 6.45) is 4.15. The highest BCUT2D eigenvalue weighted by molar-refractivity contribution is 5.94. The molecule has 26 heavy (non-hydrogen) atoms. The van der Waals surface area contributed by atoms with E-state index in [2.05, 4.69) is 17.2 Å². The first-order chi connectivity index (χ1) is 12.7. The first-order valence-electron chi connectivity index (χ1n) is 9.08. The van der Waals surface area contributed by atoms with Gasteiger partial charge in [-0.1, -0.05) is 25.1 Å². The third-order valence-corrected chi connectivity index (χ3v) is 4.77. The van der Waals surface area contributed by atoms with Gasteiger partial charge in [-0.15, -0.1) is 0 Å². The molecular formula is C20H25N4O2+. The van der Waals surface area contributed by atoms with Gasteiger partial charge in [-0.25, -0.2) is 0 Å². The standard InChI is InChI=1S/C20H24N4O2/c1-2-16-5-3-4-6-18(16)22-19(25)15-23-11-13-24(14-12-23)20(26)17-7-9-21-10-8-17/h3-10H,2,11-15H2,1H3,(H,22,25)/p+1. The molecule has 1 aromatic carbocycles. The van der Waals surface area contributed by atoms with E-state index in [4.69, 9.17) is 0 Å². The largest absolute Gasteiger partial charge is 0.327 e. The van der Waals surface area contributed by atoms with E-state index < -0.39 is 0 Å². The topological polar surface area (TPSA) is 66.7 Å². The van der Waals surface area contributed by atoms with Gasteiger partial charge in [0.1, 0.15) is 0 Å². The van der Waals surface area contributed by atoms with E-state index in [1.807, 2.05) is 29.2 Å². The summed E-state index contributed by atoms with van der Waals surface area (Å²) in [5.41, 5.74) is 2.70. The average molecular weight is 353 g/mol. The normalized spacial score (nSPS) is 14.9. The summed E-state index contributed by atoms with van der Waals surface area (Å²) in [6, 6.07) is 11.4. The third kappa shape index (κ3) is 4.46. The molecule has 2 aromatic rings. The minimum Gasteiger partial charge on any atom is -0.327 e. The zero-order chi connectivity index (χ0) is 18.4. The first kappa shape index (κ1) is 18.1. The Morgan fingerprint density at radius 2 is 1.81 bits per heavy atom. The van der Waals surface area contributed by atoms with Crippen LogP contribution in [0, 0.1) is 0 Å². The van der Waals surface area contributed by atoms with Gasteiger partial charge in [0.25, 0.3) is 11.8 Å². The van der Waals surface area contributed by atoms with Gasteiger partial charge >= 0.3 is 0 Å². The lowest BCUT2D eigenvalue weighted by Crippen LogP contribution is -3.15. The van der Waals surface area contributed by atoms with Crippen LogP contribution in [0.3, 0.4) is 0 Å². The van der Waals surface area contributed by atoms with Crippen LogP contribution in [0.4, 0.5) is 5.69 Å². The van der Waals surface area contributed by atoms with Gasteiger partial charge in [0.15, 0.2) is 6.54 Å². The van der Waals surface area contributed by atoms with Crippen LogP contribution in [0.25, 0.3) is 0 Å². The zero-order valence-electron chi connectivity index (χ0n) is 15.1. The van der Waals surface area contributed by atoms with Gasteiger partial charge < -0.3 is 15.1 Å². The van der Waals surface area contributed by atoms with Crippen molar-refractivity contribution in [1.82, 2.24) is 9.88 Å².